The van der Waals surface area contributed by atoms with Crippen LogP contribution < -0.4 is 0 Å². The van der Waals surface area contributed by atoms with Gasteiger partial charge in [0.2, 0.25) is 0 Å². The van der Waals surface area contributed by atoms with Crippen molar-refractivity contribution >= 4 is 11.6 Å². The van der Waals surface area contributed by atoms with Gasteiger partial charge in [-0.2, -0.15) is 18.3 Å². The van der Waals surface area contributed by atoms with Crippen molar-refractivity contribution in [2.24, 2.45) is 0 Å². The van der Waals surface area contributed by atoms with Gasteiger partial charge in [-0.1, -0.05) is 11.6 Å². The zero-order valence-corrected chi connectivity index (χ0v) is 8.85. The molecule has 1 heterocycles. The average molecular weight is 264 g/mol. The minimum atomic E-state index is -4.62. The lowest BCUT2D eigenvalue weighted by molar-refractivity contribution is -0.141. The molecular weight excluding hydrogens is 260 g/mol. The van der Waals surface area contributed by atoms with E-state index in [4.69, 9.17) is 11.6 Å². The van der Waals surface area contributed by atoms with Crippen molar-refractivity contribution in [2.45, 2.75) is 6.18 Å². The van der Waals surface area contributed by atoms with Gasteiger partial charge in [-0.3, -0.25) is 0 Å². The van der Waals surface area contributed by atoms with Crippen molar-refractivity contribution in [3.05, 3.63) is 47.0 Å². The van der Waals surface area contributed by atoms with Gasteiger partial charge in [-0.05, 0) is 24.3 Å². The monoisotopic (exact) mass is 263 g/mol. The highest BCUT2D eigenvalue weighted by Crippen LogP contribution is 2.30. The predicted octanol–water partition coefficient (Wildman–Crippen LogP) is 3.48. The largest absolute Gasteiger partial charge is 0.435 e. The molecule has 0 fully saturated rings. The number of rotatable bonds is 1. The third-order valence-electron chi connectivity index (χ3n) is 1.95. The van der Waals surface area contributed by atoms with Gasteiger partial charge < -0.3 is 0 Å². The molecule has 0 amide bonds. The summed E-state index contributed by atoms with van der Waals surface area (Å²) < 4.78 is 50.5. The molecule has 0 unspecified atom stereocenters. The summed E-state index contributed by atoms with van der Waals surface area (Å²) in [5.74, 6) is -0.503. The summed E-state index contributed by atoms with van der Waals surface area (Å²) in [6, 6.07) is 6.62. The van der Waals surface area contributed by atoms with Crippen molar-refractivity contribution in [2.75, 3.05) is 0 Å². The Morgan fingerprint density at radius 2 is 1.76 bits per heavy atom. The molecule has 0 N–H and O–H groups in total. The van der Waals surface area contributed by atoms with Crippen LogP contribution in [-0.4, -0.2) is 9.78 Å². The number of aromatic nitrogens is 2. The Bertz CT molecular complexity index is 530. The van der Waals surface area contributed by atoms with E-state index in [2.05, 4.69) is 5.10 Å². The normalized spacial score (nSPS) is 11.8. The smallest absolute Gasteiger partial charge is 0.221 e. The fourth-order valence-electron chi connectivity index (χ4n) is 1.20. The van der Waals surface area contributed by atoms with Gasteiger partial charge in [-0.25, -0.2) is 9.07 Å². The Kier molecular flexibility index (Phi) is 2.82. The number of halogens is 5. The average Bonchev–Trinajstić information content (AvgIpc) is 2.61. The molecule has 0 spiro atoms. The first kappa shape index (κ1) is 11.9. The number of alkyl halides is 3. The lowest BCUT2D eigenvalue weighted by Crippen LogP contribution is -2.07. The standard InChI is InChI=1S/C10H4ClF4N2/c11-9-5-8(10(13,14)15)16-17(9)7-3-1-6(12)2-4-7/h1-4H. The van der Waals surface area contributed by atoms with Crippen molar-refractivity contribution in [1.29, 1.82) is 0 Å². The van der Waals surface area contributed by atoms with Gasteiger partial charge in [0.1, 0.15) is 11.0 Å². The summed E-state index contributed by atoms with van der Waals surface area (Å²) in [5.41, 5.74) is -0.991. The minimum Gasteiger partial charge on any atom is -0.221 e. The number of benzene rings is 1. The first-order valence-electron chi connectivity index (χ1n) is 4.39. The molecule has 0 atom stereocenters. The van der Waals surface area contributed by atoms with E-state index < -0.39 is 17.7 Å². The fourth-order valence-corrected chi connectivity index (χ4v) is 1.43. The van der Waals surface area contributed by atoms with E-state index in [9.17, 15) is 17.6 Å². The Labute approximate surface area is 98.4 Å². The van der Waals surface area contributed by atoms with Gasteiger partial charge >= 0.3 is 6.18 Å². The summed E-state index contributed by atoms with van der Waals surface area (Å²) >= 11 is 5.58. The molecule has 2 nitrogen and oxygen atoms in total. The molecule has 0 aliphatic heterocycles. The predicted molar refractivity (Wildman–Crippen MR) is 52.4 cm³/mol. The van der Waals surface area contributed by atoms with Crippen molar-refractivity contribution in [3.63, 3.8) is 0 Å². The van der Waals surface area contributed by atoms with Gasteiger partial charge in [0.25, 0.3) is 0 Å². The molecule has 1 radical (unpaired) electrons. The molecule has 89 valence electrons. The maximum absolute atomic E-state index is 12.6. The number of hydrogen-bond donors (Lipinski definition) is 0. The van der Waals surface area contributed by atoms with Crippen LogP contribution in [0.25, 0.3) is 5.69 Å². The van der Waals surface area contributed by atoms with E-state index >= 15 is 0 Å². The third kappa shape index (κ3) is 2.41. The fraction of sp³-hybridized carbons (Fsp3) is 0.100. The van der Waals surface area contributed by atoms with Crippen molar-refractivity contribution < 1.29 is 17.6 Å². The molecule has 7 heteroatoms. The van der Waals surface area contributed by atoms with Crippen molar-refractivity contribution in [1.82, 2.24) is 9.78 Å². The van der Waals surface area contributed by atoms with Crippen LogP contribution in [-0.2, 0) is 6.18 Å². The van der Waals surface area contributed by atoms with Crippen molar-refractivity contribution in [3.8, 4) is 5.69 Å². The molecule has 2 aromatic rings. The van der Waals surface area contributed by atoms with Crippen LogP contribution in [0.4, 0.5) is 17.6 Å². The van der Waals surface area contributed by atoms with E-state index in [0.29, 0.717) is 0 Å². The van der Waals surface area contributed by atoms with Gasteiger partial charge in [0.15, 0.2) is 5.69 Å². The molecule has 0 bridgehead atoms. The molecule has 0 aliphatic rings. The lowest BCUT2D eigenvalue weighted by atomic mass is 10.3. The molecule has 17 heavy (non-hydrogen) atoms. The number of nitrogens with zero attached hydrogens (tertiary/aromatic N) is 2. The molecule has 2 rings (SSSR count). The SMILES string of the molecule is Fc1ccc(-n2nc(C(F)(F)F)[c]c2Cl)cc1. The zero-order valence-electron chi connectivity index (χ0n) is 8.09. The van der Waals surface area contributed by atoms with Gasteiger partial charge in [0, 0.05) is 0 Å². The Morgan fingerprint density at radius 3 is 2.24 bits per heavy atom. The van der Waals surface area contributed by atoms with Crippen LogP contribution in [0.15, 0.2) is 24.3 Å². The maximum Gasteiger partial charge on any atom is 0.435 e. The summed E-state index contributed by atoms with van der Waals surface area (Å²) in [7, 11) is 0. The lowest BCUT2D eigenvalue weighted by Gasteiger charge is -2.03. The molecule has 0 saturated carbocycles. The second-order valence-corrected chi connectivity index (χ2v) is 3.51. The summed E-state index contributed by atoms with van der Waals surface area (Å²) in [4.78, 5) is 0. The molecule has 1 aromatic carbocycles. The van der Waals surface area contributed by atoms with E-state index in [1.165, 1.54) is 12.1 Å². The second-order valence-electron chi connectivity index (χ2n) is 3.15. The van der Waals surface area contributed by atoms with Crippen LogP contribution in [0.3, 0.4) is 0 Å². The molecule has 0 aliphatic carbocycles. The minimum absolute atomic E-state index is 0.225. The highest BCUT2D eigenvalue weighted by Gasteiger charge is 2.35. The van der Waals surface area contributed by atoms with Crippen LogP contribution in [0.2, 0.25) is 5.15 Å². The van der Waals surface area contributed by atoms with E-state index in [1.807, 2.05) is 6.07 Å². The summed E-state index contributed by atoms with van der Waals surface area (Å²) in [6.45, 7) is 0. The molecule has 1 aromatic heterocycles. The Morgan fingerprint density at radius 1 is 1.18 bits per heavy atom. The molecule has 0 saturated heterocycles. The van der Waals surface area contributed by atoms with Crippen LogP contribution >= 0.6 is 11.6 Å². The van der Waals surface area contributed by atoms with E-state index in [1.54, 1.807) is 0 Å². The summed E-state index contributed by atoms with van der Waals surface area (Å²) in [5, 5.41) is 2.95. The number of hydrogen-bond acceptors (Lipinski definition) is 1. The topological polar surface area (TPSA) is 17.8 Å². The Hall–Kier alpha value is -1.56. The molecular formula is C10H4ClF4N2. The van der Waals surface area contributed by atoms with Crippen LogP contribution in [0, 0.1) is 11.9 Å². The summed E-state index contributed by atoms with van der Waals surface area (Å²) in [6.07, 6.45) is -4.62. The highest BCUT2D eigenvalue weighted by atomic mass is 35.5. The van der Waals surface area contributed by atoms with Gasteiger partial charge in [-0.15, -0.1) is 0 Å². The second kappa shape index (κ2) is 4.03. The zero-order chi connectivity index (χ0) is 12.6. The highest BCUT2D eigenvalue weighted by molar-refractivity contribution is 6.29. The van der Waals surface area contributed by atoms with E-state index in [0.717, 1.165) is 16.8 Å². The Balaban J connectivity index is 2.46. The first-order chi connectivity index (χ1) is 7.88. The third-order valence-corrected chi connectivity index (χ3v) is 2.20. The maximum atomic E-state index is 12.6. The quantitative estimate of drug-likeness (QED) is 0.720. The first-order valence-corrected chi connectivity index (χ1v) is 4.77. The van der Waals surface area contributed by atoms with Crippen LogP contribution in [0.5, 0.6) is 0 Å². The van der Waals surface area contributed by atoms with Crippen LogP contribution in [0.1, 0.15) is 5.69 Å². The van der Waals surface area contributed by atoms with Gasteiger partial charge in [0.05, 0.1) is 11.8 Å². The van der Waals surface area contributed by atoms with E-state index in [-0.39, 0.29) is 10.8 Å².